The number of hydrogen-bond acceptors (Lipinski definition) is 3. The van der Waals surface area contributed by atoms with Crippen LogP contribution in [0.4, 0.5) is 0 Å². The van der Waals surface area contributed by atoms with Gasteiger partial charge in [-0.15, -0.1) is 0 Å². The standard InChI is InChI=1S/C10H13ClO3/c1-6(5-12)7-3-10(14-2)8(11)4-9(7)13/h3-4,6,12-13H,5H2,1-2H3. The van der Waals surface area contributed by atoms with Gasteiger partial charge in [-0.05, 0) is 6.07 Å². The normalized spacial score (nSPS) is 12.6. The van der Waals surface area contributed by atoms with Crippen molar-refractivity contribution in [2.75, 3.05) is 13.7 Å². The Hall–Kier alpha value is -0.930. The Bertz CT molecular complexity index is 325. The zero-order valence-electron chi connectivity index (χ0n) is 8.12. The van der Waals surface area contributed by atoms with Crippen molar-refractivity contribution in [2.24, 2.45) is 0 Å². The summed E-state index contributed by atoms with van der Waals surface area (Å²) in [6.07, 6.45) is 0. The van der Waals surface area contributed by atoms with Gasteiger partial charge < -0.3 is 14.9 Å². The van der Waals surface area contributed by atoms with E-state index in [0.29, 0.717) is 16.3 Å². The number of phenolic OH excluding ortho intramolecular Hbond substituents is 1. The van der Waals surface area contributed by atoms with E-state index in [-0.39, 0.29) is 18.3 Å². The number of ether oxygens (including phenoxy) is 1. The molecule has 0 aliphatic rings. The fourth-order valence-electron chi connectivity index (χ4n) is 1.21. The lowest BCUT2D eigenvalue weighted by Gasteiger charge is -2.13. The molecule has 0 aliphatic carbocycles. The molecule has 0 spiro atoms. The predicted molar refractivity (Wildman–Crippen MR) is 55.2 cm³/mol. The van der Waals surface area contributed by atoms with Gasteiger partial charge in [0.15, 0.2) is 0 Å². The Morgan fingerprint density at radius 3 is 2.64 bits per heavy atom. The van der Waals surface area contributed by atoms with Gasteiger partial charge in [0.2, 0.25) is 0 Å². The number of methoxy groups -OCH3 is 1. The van der Waals surface area contributed by atoms with E-state index in [2.05, 4.69) is 0 Å². The molecule has 4 heteroatoms. The fourth-order valence-corrected chi connectivity index (χ4v) is 1.44. The molecule has 1 atom stereocenters. The molecule has 0 aliphatic heterocycles. The number of aliphatic hydroxyl groups is 1. The Balaban J connectivity index is 3.17. The van der Waals surface area contributed by atoms with Gasteiger partial charge in [0, 0.05) is 24.2 Å². The molecule has 0 amide bonds. The van der Waals surface area contributed by atoms with Crippen molar-refractivity contribution in [3.05, 3.63) is 22.7 Å². The minimum absolute atomic E-state index is 0.0294. The second-order valence-electron chi connectivity index (χ2n) is 3.13. The number of benzene rings is 1. The molecule has 0 aromatic heterocycles. The summed E-state index contributed by atoms with van der Waals surface area (Å²) in [6.45, 7) is 1.78. The zero-order chi connectivity index (χ0) is 10.7. The molecule has 0 saturated heterocycles. The smallest absolute Gasteiger partial charge is 0.138 e. The highest BCUT2D eigenvalue weighted by Gasteiger charge is 2.13. The largest absolute Gasteiger partial charge is 0.508 e. The van der Waals surface area contributed by atoms with E-state index in [4.69, 9.17) is 21.4 Å². The molecule has 3 nitrogen and oxygen atoms in total. The van der Waals surface area contributed by atoms with Gasteiger partial charge in [-0.1, -0.05) is 18.5 Å². The van der Waals surface area contributed by atoms with Gasteiger partial charge in [0.1, 0.15) is 11.5 Å². The Labute approximate surface area is 87.9 Å². The van der Waals surface area contributed by atoms with Crippen molar-refractivity contribution in [1.29, 1.82) is 0 Å². The average Bonchev–Trinajstić information content (AvgIpc) is 2.17. The summed E-state index contributed by atoms with van der Waals surface area (Å²) < 4.78 is 5.01. The Morgan fingerprint density at radius 1 is 1.50 bits per heavy atom. The topological polar surface area (TPSA) is 49.7 Å². The lowest BCUT2D eigenvalue weighted by Crippen LogP contribution is -2.00. The van der Waals surface area contributed by atoms with Crippen LogP contribution in [-0.4, -0.2) is 23.9 Å². The maximum Gasteiger partial charge on any atom is 0.138 e. The Morgan fingerprint density at radius 2 is 2.14 bits per heavy atom. The summed E-state index contributed by atoms with van der Waals surface area (Å²) in [5.41, 5.74) is 0.633. The number of phenols is 1. The molecule has 1 unspecified atom stereocenters. The van der Waals surface area contributed by atoms with Crippen LogP contribution in [-0.2, 0) is 0 Å². The van der Waals surface area contributed by atoms with E-state index < -0.39 is 0 Å². The number of aromatic hydroxyl groups is 1. The zero-order valence-corrected chi connectivity index (χ0v) is 8.88. The molecule has 1 rings (SSSR count). The van der Waals surface area contributed by atoms with Gasteiger partial charge in [-0.25, -0.2) is 0 Å². The van der Waals surface area contributed by atoms with Crippen LogP contribution in [0, 0.1) is 0 Å². The summed E-state index contributed by atoms with van der Waals surface area (Å²) in [5.74, 6) is 0.443. The van der Waals surface area contributed by atoms with Crippen LogP contribution < -0.4 is 4.74 Å². The number of rotatable bonds is 3. The van der Waals surface area contributed by atoms with Gasteiger partial charge >= 0.3 is 0 Å². The van der Waals surface area contributed by atoms with E-state index in [9.17, 15) is 5.11 Å². The summed E-state index contributed by atoms with van der Waals surface area (Å²) >= 11 is 5.80. The Kier molecular flexibility index (Phi) is 3.61. The molecule has 2 N–H and O–H groups in total. The SMILES string of the molecule is COc1cc(C(C)CO)c(O)cc1Cl. The maximum atomic E-state index is 9.56. The third-order valence-electron chi connectivity index (χ3n) is 2.11. The van der Waals surface area contributed by atoms with Crippen LogP contribution in [0.25, 0.3) is 0 Å². The van der Waals surface area contributed by atoms with Crippen LogP contribution >= 0.6 is 11.6 Å². The molecular formula is C10H13ClO3. The lowest BCUT2D eigenvalue weighted by atomic mass is 10.0. The second-order valence-corrected chi connectivity index (χ2v) is 3.54. The first-order valence-electron chi connectivity index (χ1n) is 4.27. The summed E-state index contributed by atoms with van der Waals surface area (Å²) in [4.78, 5) is 0. The minimum atomic E-state index is -0.138. The van der Waals surface area contributed by atoms with E-state index in [1.807, 2.05) is 6.92 Å². The van der Waals surface area contributed by atoms with Gasteiger partial charge in [-0.3, -0.25) is 0 Å². The van der Waals surface area contributed by atoms with Crippen molar-refractivity contribution in [3.8, 4) is 11.5 Å². The van der Waals surface area contributed by atoms with Crippen molar-refractivity contribution >= 4 is 11.6 Å². The average molecular weight is 217 g/mol. The van der Waals surface area contributed by atoms with E-state index in [1.165, 1.54) is 13.2 Å². The summed E-state index contributed by atoms with van der Waals surface area (Å²) in [5, 5.41) is 18.9. The first kappa shape index (κ1) is 11.1. The molecule has 0 radical (unpaired) electrons. The maximum absolute atomic E-state index is 9.56. The van der Waals surface area contributed by atoms with Gasteiger partial charge in [-0.2, -0.15) is 0 Å². The van der Waals surface area contributed by atoms with Gasteiger partial charge in [0.05, 0.1) is 12.1 Å². The van der Waals surface area contributed by atoms with Crippen molar-refractivity contribution in [2.45, 2.75) is 12.8 Å². The highest BCUT2D eigenvalue weighted by molar-refractivity contribution is 6.32. The van der Waals surface area contributed by atoms with E-state index in [1.54, 1.807) is 6.07 Å². The predicted octanol–water partition coefficient (Wildman–Crippen LogP) is 2.15. The molecule has 0 heterocycles. The highest BCUT2D eigenvalue weighted by Crippen LogP contribution is 2.35. The van der Waals surface area contributed by atoms with Crippen LogP contribution in [0.15, 0.2) is 12.1 Å². The number of aliphatic hydroxyl groups excluding tert-OH is 1. The van der Waals surface area contributed by atoms with Crippen LogP contribution in [0.1, 0.15) is 18.4 Å². The first-order chi connectivity index (χ1) is 6.60. The van der Waals surface area contributed by atoms with E-state index >= 15 is 0 Å². The lowest BCUT2D eigenvalue weighted by molar-refractivity contribution is 0.270. The van der Waals surface area contributed by atoms with Crippen LogP contribution in [0.2, 0.25) is 5.02 Å². The molecule has 0 fully saturated rings. The number of hydrogen-bond donors (Lipinski definition) is 2. The van der Waals surface area contributed by atoms with Crippen molar-refractivity contribution in [1.82, 2.24) is 0 Å². The molecule has 1 aromatic rings. The number of halogens is 1. The quantitative estimate of drug-likeness (QED) is 0.814. The first-order valence-corrected chi connectivity index (χ1v) is 4.65. The van der Waals surface area contributed by atoms with Crippen molar-refractivity contribution in [3.63, 3.8) is 0 Å². The van der Waals surface area contributed by atoms with Crippen LogP contribution in [0.3, 0.4) is 0 Å². The molecule has 0 bridgehead atoms. The second kappa shape index (κ2) is 4.53. The van der Waals surface area contributed by atoms with Crippen LogP contribution in [0.5, 0.6) is 11.5 Å². The van der Waals surface area contributed by atoms with Gasteiger partial charge in [0.25, 0.3) is 0 Å². The fraction of sp³-hybridized carbons (Fsp3) is 0.400. The third kappa shape index (κ3) is 2.11. The third-order valence-corrected chi connectivity index (χ3v) is 2.40. The molecule has 1 aromatic carbocycles. The molecule has 14 heavy (non-hydrogen) atoms. The summed E-state index contributed by atoms with van der Waals surface area (Å²) in [7, 11) is 1.51. The minimum Gasteiger partial charge on any atom is -0.508 e. The molecular weight excluding hydrogens is 204 g/mol. The van der Waals surface area contributed by atoms with E-state index in [0.717, 1.165) is 0 Å². The molecule has 0 saturated carbocycles. The van der Waals surface area contributed by atoms with Crippen molar-refractivity contribution < 1.29 is 14.9 Å². The summed E-state index contributed by atoms with van der Waals surface area (Å²) in [6, 6.07) is 3.06. The highest BCUT2D eigenvalue weighted by atomic mass is 35.5. The molecule has 78 valence electrons. The monoisotopic (exact) mass is 216 g/mol.